The van der Waals surface area contributed by atoms with Crippen LogP contribution in [0.15, 0.2) is 53.1 Å². The van der Waals surface area contributed by atoms with Crippen molar-refractivity contribution in [2.45, 2.75) is 19.8 Å². The van der Waals surface area contributed by atoms with Crippen LogP contribution in [0.5, 0.6) is 5.75 Å². The molecule has 4 aromatic rings. The Hall–Kier alpha value is -4.26. The average molecular weight is 488 g/mol. The Labute approximate surface area is 196 Å². The summed E-state index contributed by atoms with van der Waals surface area (Å²) < 4.78 is 47.7. The van der Waals surface area contributed by atoms with Gasteiger partial charge in [-0.15, -0.1) is 18.3 Å². The number of aliphatic hydroxyl groups excluding tert-OH is 1. The first-order valence-corrected chi connectivity index (χ1v) is 10.3. The molecule has 0 saturated heterocycles. The molecule has 13 heteroatoms. The number of alkyl halides is 3. The number of hydrogen-bond donors (Lipinski definition) is 2. The lowest BCUT2D eigenvalue weighted by Gasteiger charge is -2.08. The standard InChI is InChI=1S/C22H19F3N6O4/c1-13-27-19(29-31(13)12-14-3-2-4-16(11-14)20(33)26-9-10-32)21-28-18(30-35-21)15-5-7-17(8-6-15)34-22(23,24)25/h2-8,11,32H,9-10,12H2,1H3,(H,26,33). The molecule has 2 N–H and O–H groups in total. The lowest BCUT2D eigenvalue weighted by atomic mass is 10.1. The summed E-state index contributed by atoms with van der Waals surface area (Å²) in [5.41, 5.74) is 1.66. The van der Waals surface area contributed by atoms with Crippen LogP contribution in [0.25, 0.3) is 23.1 Å². The molecule has 10 nitrogen and oxygen atoms in total. The Morgan fingerprint density at radius 1 is 1.14 bits per heavy atom. The molecule has 0 aliphatic rings. The molecule has 0 bridgehead atoms. The monoisotopic (exact) mass is 488 g/mol. The zero-order valence-corrected chi connectivity index (χ0v) is 18.3. The zero-order chi connectivity index (χ0) is 25.0. The first kappa shape index (κ1) is 23.9. The number of ether oxygens (including phenoxy) is 1. The summed E-state index contributed by atoms with van der Waals surface area (Å²) in [7, 11) is 0. The van der Waals surface area contributed by atoms with Gasteiger partial charge in [0.25, 0.3) is 11.8 Å². The van der Waals surface area contributed by atoms with Gasteiger partial charge in [-0.3, -0.25) is 4.79 Å². The molecule has 0 spiro atoms. The van der Waals surface area contributed by atoms with Crippen LogP contribution in [0, 0.1) is 6.92 Å². The summed E-state index contributed by atoms with van der Waals surface area (Å²) in [5.74, 6) is 0.256. The van der Waals surface area contributed by atoms with Crippen molar-refractivity contribution in [1.82, 2.24) is 30.2 Å². The second-order valence-electron chi connectivity index (χ2n) is 7.32. The predicted molar refractivity (Wildman–Crippen MR) is 115 cm³/mol. The summed E-state index contributed by atoms with van der Waals surface area (Å²) in [4.78, 5) is 20.7. The smallest absolute Gasteiger partial charge is 0.406 e. The Morgan fingerprint density at radius 3 is 2.63 bits per heavy atom. The van der Waals surface area contributed by atoms with E-state index in [1.165, 1.54) is 12.1 Å². The SMILES string of the molecule is Cc1nc(-c2nc(-c3ccc(OC(F)(F)F)cc3)no2)nn1Cc1cccc(C(=O)NCCO)c1. The minimum Gasteiger partial charge on any atom is -0.406 e. The number of hydrogen-bond acceptors (Lipinski definition) is 8. The molecular weight excluding hydrogens is 469 g/mol. The number of amides is 1. The molecule has 2 aromatic carbocycles. The summed E-state index contributed by atoms with van der Waals surface area (Å²) in [6.45, 7) is 2.07. The van der Waals surface area contributed by atoms with Crippen molar-refractivity contribution in [3.63, 3.8) is 0 Å². The number of aromatic nitrogens is 5. The summed E-state index contributed by atoms with van der Waals surface area (Å²) in [6, 6.07) is 12.0. The van der Waals surface area contributed by atoms with Crippen molar-refractivity contribution in [1.29, 1.82) is 0 Å². The van der Waals surface area contributed by atoms with E-state index in [1.807, 2.05) is 6.07 Å². The molecular formula is C22H19F3N6O4. The fourth-order valence-electron chi connectivity index (χ4n) is 3.15. The van der Waals surface area contributed by atoms with Gasteiger partial charge < -0.3 is 19.7 Å². The molecule has 2 aromatic heterocycles. The van der Waals surface area contributed by atoms with Gasteiger partial charge in [-0.1, -0.05) is 17.3 Å². The van der Waals surface area contributed by atoms with Crippen LogP contribution in [-0.2, 0) is 6.54 Å². The third-order valence-electron chi connectivity index (χ3n) is 4.74. The van der Waals surface area contributed by atoms with Crippen LogP contribution in [0.3, 0.4) is 0 Å². The molecule has 0 aliphatic heterocycles. The number of aliphatic hydroxyl groups is 1. The van der Waals surface area contributed by atoms with Gasteiger partial charge in [-0.2, -0.15) is 4.98 Å². The molecule has 0 atom stereocenters. The molecule has 0 radical (unpaired) electrons. The Bertz CT molecular complexity index is 1320. The van der Waals surface area contributed by atoms with Gasteiger partial charge in [0.05, 0.1) is 13.2 Å². The lowest BCUT2D eigenvalue weighted by molar-refractivity contribution is -0.274. The minimum atomic E-state index is -4.78. The summed E-state index contributed by atoms with van der Waals surface area (Å²) >= 11 is 0. The number of rotatable bonds is 8. The van der Waals surface area contributed by atoms with E-state index in [1.54, 1.807) is 29.8 Å². The van der Waals surface area contributed by atoms with Crippen molar-refractivity contribution >= 4 is 5.91 Å². The van der Waals surface area contributed by atoms with E-state index in [4.69, 9.17) is 9.63 Å². The van der Waals surface area contributed by atoms with E-state index in [0.717, 1.165) is 17.7 Å². The van der Waals surface area contributed by atoms with Crippen molar-refractivity contribution in [3.8, 4) is 28.9 Å². The van der Waals surface area contributed by atoms with Crippen molar-refractivity contribution < 1.29 is 32.3 Å². The second-order valence-corrected chi connectivity index (χ2v) is 7.32. The quantitative estimate of drug-likeness (QED) is 0.388. The van der Waals surface area contributed by atoms with Crippen molar-refractivity contribution in [2.75, 3.05) is 13.2 Å². The summed E-state index contributed by atoms with van der Waals surface area (Å²) in [5, 5.41) is 19.7. The number of halogens is 3. The first-order chi connectivity index (χ1) is 16.7. The third-order valence-corrected chi connectivity index (χ3v) is 4.74. The Balaban J connectivity index is 1.48. The second kappa shape index (κ2) is 9.93. The van der Waals surface area contributed by atoms with Gasteiger partial charge >= 0.3 is 6.36 Å². The molecule has 0 aliphatic carbocycles. The topological polar surface area (TPSA) is 128 Å². The number of nitrogens with one attached hydrogen (secondary N) is 1. The minimum absolute atomic E-state index is 0.0367. The van der Waals surface area contributed by atoms with E-state index in [-0.39, 0.29) is 42.3 Å². The predicted octanol–water partition coefficient (Wildman–Crippen LogP) is 2.97. The van der Waals surface area contributed by atoms with Crippen molar-refractivity contribution in [2.24, 2.45) is 0 Å². The Kier molecular flexibility index (Phi) is 6.78. The highest BCUT2D eigenvalue weighted by molar-refractivity contribution is 5.94. The van der Waals surface area contributed by atoms with E-state index < -0.39 is 6.36 Å². The van der Waals surface area contributed by atoms with Gasteiger partial charge in [-0.05, 0) is 48.9 Å². The van der Waals surface area contributed by atoms with Crippen LogP contribution < -0.4 is 10.1 Å². The first-order valence-electron chi connectivity index (χ1n) is 10.3. The largest absolute Gasteiger partial charge is 0.573 e. The van der Waals surface area contributed by atoms with Gasteiger partial charge in [0, 0.05) is 17.7 Å². The number of carbonyl (C=O) groups excluding carboxylic acids is 1. The number of nitrogens with zero attached hydrogens (tertiary/aromatic N) is 5. The highest BCUT2D eigenvalue weighted by atomic mass is 19.4. The molecule has 182 valence electrons. The maximum Gasteiger partial charge on any atom is 0.573 e. The fourth-order valence-corrected chi connectivity index (χ4v) is 3.15. The van der Waals surface area contributed by atoms with Gasteiger partial charge in [0.1, 0.15) is 11.6 Å². The maximum absolute atomic E-state index is 12.3. The normalized spacial score (nSPS) is 11.5. The Morgan fingerprint density at radius 2 is 1.91 bits per heavy atom. The highest BCUT2D eigenvalue weighted by Gasteiger charge is 2.31. The average Bonchev–Trinajstić information content (AvgIpc) is 3.44. The van der Waals surface area contributed by atoms with Crippen LogP contribution in [-0.4, -0.2) is 55.4 Å². The van der Waals surface area contributed by atoms with E-state index in [9.17, 15) is 18.0 Å². The summed E-state index contributed by atoms with van der Waals surface area (Å²) in [6.07, 6.45) is -4.78. The molecule has 0 fully saturated rings. The van der Waals surface area contributed by atoms with E-state index in [0.29, 0.717) is 23.5 Å². The number of aryl methyl sites for hydroxylation is 1. The highest BCUT2D eigenvalue weighted by Crippen LogP contribution is 2.26. The molecule has 35 heavy (non-hydrogen) atoms. The number of carbonyl (C=O) groups is 1. The van der Waals surface area contributed by atoms with Gasteiger partial charge in [-0.25, -0.2) is 9.67 Å². The fraction of sp³-hybridized carbons (Fsp3) is 0.227. The van der Waals surface area contributed by atoms with E-state index in [2.05, 4.69) is 30.3 Å². The lowest BCUT2D eigenvalue weighted by Crippen LogP contribution is -2.26. The molecule has 1 amide bonds. The molecule has 2 heterocycles. The van der Waals surface area contributed by atoms with Crippen LogP contribution in [0.1, 0.15) is 21.7 Å². The van der Waals surface area contributed by atoms with Gasteiger partial charge in [0.2, 0.25) is 11.6 Å². The maximum atomic E-state index is 12.3. The molecule has 0 unspecified atom stereocenters. The van der Waals surface area contributed by atoms with Crippen molar-refractivity contribution in [3.05, 3.63) is 65.5 Å². The van der Waals surface area contributed by atoms with Crippen LogP contribution in [0.4, 0.5) is 13.2 Å². The van der Waals surface area contributed by atoms with Gasteiger partial charge in [0.15, 0.2) is 0 Å². The number of benzene rings is 2. The zero-order valence-electron chi connectivity index (χ0n) is 18.3. The van der Waals surface area contributed by atoms with Crippen LogP contribution in [0.2, 0.25) is 0 Å². The molecule has 4 rings (SSSR count). The molecule has 0 saturated carbocycles. The van der Waals surface area contributed by atoms with Crippen LogP contribution >= 0.6 is 0 Å². The van der Waals surface area contributed by atoms with E-state index >= 15 is 0 Å². The third kappa shape index (κ3) is 6.00.